The Labute approximate surface area is 103 Å². The van der Waals surface area contributed by atoms with E-state index in [2.05, 4.69) is 29.2 Å². The van der Waals surface area contributed by atoms with Crippen molar-refractivity contribution < 1.29 is 5.11 Å². The molecule has 1 aromatic rings. The van der Waals surface area contributed by atoms with Gasteiger partial charge in [-0.1, -0.05) is 24.6 Å². The second kappa shape index (κ2) is 4.69. The molecule has 0 radical (unpaired) electrons. The van der Waals surface area contributed by atoms with Gasteiger partial charge in [0.1, 0.15) is 0 Å². The monoisotopic (exact) mass is 231 g/mol. The Kier molecular flexibility index (Phi) is 3.06. The van der Waals surface area contributed by atoms with Crippen LogP contribution in [0, 0.1) is 5.92 Å². The summed E-state index contributed by atoms with van der Waals surface area (Å²) in [7, 11) is 0. The van der Waals surface area contributed by atoms with Gasteiger partial charge in [-0.15, -0.1) is 0 Å². The zero-order valence-electron chi connectivity index (χ0n) is 10.3. The molecular formula is C15H21NO. The quantitative estimate of drug-likeness (QED) is 0.861. The standard InChI is InChI=1S/C15H21NO/c17-9-8-13-11-16(10-12-4-3-5-12)15-7-2-1-6-14(13)15/h1-2,6-7,12-13,17H,3-5,8-11H2. The van der Waals surface area contributed by atoms with Gasteiger partial charge in [0.05, 0.1) is 0 Å². The minimum absolute atomic E-state index is 0.302. The molecule has 1 fully saturated rings. The number of aliphatic hydroxyl groups is 1. The predicted octanol–water partition coefficient (Wildman–Crippen LogP) is 2.77. The molecule has 1 aromatic carbocycles. The SMILES string of the molecule is OCCC1CN(CC2CCC2)c2ccccc21. The van der Waals surface area contributed by atoms with E-state index in [1.807, 2.05) is 0 Å². The minimum Gasteiger partial charge on any atom is -0.396 e. The third-order valence-corrected chi connectivity index (χ3v) is 4.34. The van der Waals surface area contributed by atoms with Gasteiger partial charge in [-0.3, -0.25) is 0 Å². The van der Waals surface area contributed by atoms with Gasteiger partial charge < -0.3 is 10.0 Å². The molecule has 1 unspecified atom stereocenters. The maximum atomic E-state index is 9.16. The molecule has 3 rings (SSSR count). The van der Waals surface area contributed by atoms with Gasteiger partial charge in [-0.25, -0.2) is 0 Å². The molecule has 0 aromatic heterocycles. The van der Waals surface area contributed by atoms with Gasteiger partial charge in [0.2, 0.25) is 0 Å². The topological polar surface area (TPSA) is 23.5 Å². The van der Waals surface area contributed by atoms with Crippen LogP contribution in [0.4, 0.5) is 5.69 Å². The average molecular weight is 231 g/mol. The number of hydrogen-bond acceptors (Lipinski definition) is 2. The fraction of sp³-hybridized carbons (Fsp3) is 0.600. The van der Waals surface area contributed by atoms with E-state index in [4.69, 9.17) is 5.11 Å². The highest BCUT2D eigenvalue weighted by molar-refractivity contribution is 5.60. The van der Waals surface area contributed by atoms with E-state index in [-0.39, 0.29) is 0 Å². The first-order valence-electron chi connectivity index (χ1n) is 6.83. The molecule has 1 heterocycles. The first-order valence-corrected chi connectivity index (χ1v) is 6.83. The largest absolute Gasteiger partial charge is 0.396 e. The maximum absolute atomic E-state index is 9.16. The molecular weight excluding hydrogens is 210 g/mol. The molecule has 2 heteroatoms. The summed E-state index contributed by atoms with van der Waals surface area (Å²) in [5.74, 6) is 1.45. The van der Waals surface area contributed by atoms with Gasteiger partial charge in [0.15, 0.2) is 0 Å². The smallest absolute Gasteiger partial charge is 0.0437 e. The van der Waals surface area contributed by atoms with Crippen molar-refractivity contribution in [1.82, 2.24) is 0 Å². The Bertz CT molecular complexity index is 386. The van der Waals surface area contributed by atoms with Crippen molar-refractivity contribution in [3.05, 3.63) is 29.8 Å². The summed E-state index contributed by atoms with van der Waals surface area (Å²) < 4.78 is 0. The lowest BCUT2D eigenvalue weighted by Crippen LogP contribution is -2.31. The van der Waals surface area contributed by atoms with E-state index >= 15 is 0 Å². The van der Waals surface area contributed by atoms with Gasteiger partial charge in [0, 0.05) is 31.3 Å². The van der Waals surface area contributed by atoms with E-state index in [9.17, 15) is 0 Å². The lowest BCUT2D eigenvalue weighted by atomic mass is 9.85. The number of hydrogen-bond donors (Lipinski definition) is 1. The lowest BCUT2D eigenvalue weighted by Gasteiger charge is -2.31. The number of aliphatic hydroxyl groups excluding tert-OH is 1. The van der Waals surface area contributed by atoms with E-state index in [1.54, 1.807) is 0 Å². The van der Waals surface area contributed by atoms with Gasteiger partial charge in [0.25, 0.3) is 0 Å². The van der Waals surface area contributed by atoms with Crippen molar-refractivity contribution in [3.63, 3.8) is 0 Å². The maximum Gasteiger partial charge on any atom is 0.0437 e. The number of rotatable bonds is 4. The summed E-state index contributed by atoms with van der Waals surface area (Å²) >= 11 is 0. The zero-order chi connectivity index (χ0) is 11.7. The van der Waals surface area contributed by atoms with Crippen molar-refractivity contribution in [2.24, 2.45) is 5.92 Å². The highest BCUT2D eigenvalue weighted by Gasteiger charge is 2.30. The van der Waals surface area contributed by atoms with E-state index in [0.717, 1.165) is 18.9 Å². The summed E-state index contributed by atoms with van der Waals surface area (Å²) in [4.78, 5) is 2.54. The highest BCUT2D eigenvalue weighted by Crippen LogP contribution is 2.39. The molecule has 0 bridgehead atoms. The molecule has 17 heavy (non-hydrogen) atoms. The Hall–Kier alpha value is -1.02. The summed E-state index contributed by atoms with van der Waals surface area (Å²) in [5.41, 5.74) is 2.86. The van der Waals surface area contributed by atoms with Crippen LogP contribution in [0.25, 0.3) is 0 Å². The van der Waals surface area contributed by atoms with Crippen LogP contribution in [-0.2, 0) is 0 Å². The van der Waals surface area contributed by atoms with Crippen LogP contribution in [0.2, 0.25) is 0 Å². The average Bonchev–Trinajstić information content (AvgIpc) is 2.64. The Balaban J connectivity index is 1.77. The lowest BCUT2D eigenvalue weighted by molar-refractivity contribution is 0.275. The number of benzene rings is 1. The molecule has 2 nitrogen and oxygen atoms in total. The molecule has 0 spiro atoms. The number of fused-ring (bicyclic) bond motifs is 1. The minimum atomic E-state index is 0.302. The molecule has 1 saturated carbocycles. The summed E-state index contributed by atoms with van der Waals surface area (Å²) in [5, 5.41) is 9.16. The third-order valence-electron chi connectivity index (χ3n) is 4.34. The van der Waals surface area contributed by atoms with Crippen LogP contribution < -0.4 is 4.90 Å². The predicted molar refractivity (Wildman–Crippen MR) is 70.4 cm³/mol. The highest BCUT2D eigenvalue weighted by atomic mass is 16.3. The fourth-order valence-electron chi connectivity index (χ4n) is 3.15. The van der Waals surface area contributed by atoms with Crippen molar-refractivity contribution >= 4 is 5.69 Å². The van der Waals surface area contributed by atoms with Crippen molar-refractivity contribution in [3.8, 4) is 0 Å². The van der Waals surface area contributed by atoms with Crippen LogP contribution >= 0.6 is 0 Å². The number of para-hydroxylation sites is 1. The summed E-state index contributed by atoms with van der Waals surface area (Å²) in [6.45, 7) is 2.63. The Morgan fingerprint density at radius 2 is 2.06 bits per heavy atom. The third kappa shape index (κ3) is 2.06. The summed E-state index contributed by atoms with van der Waals surface area (Å²) in [6.07, 6.45) is 5.13. The second-order valence-electron chi connectivity index (χ2n) is 5.47. The van der Waals surface area contributed by atoms with E-state index in [0.29, 0.717) is 12.5 Å². The van der Waals surface area contributed by atoms with Gasteiger partial charge >= 0.3 is 0 Å². The Morgan fingerprint density at radius 1 is 1.24 bits per heavy atom. The fourth-order valence-corrected chi connectivity index (χ4v) is 3.15. The van der Waals surface area contributed by atoms with Crippen LogP contribution in [0.3, 0.4) is 0 Å². The van der Waals surface area contributed by atoms with Gasteiger partial charge in [-0.05, 0) is 36.8 Å². The molecule has 92 valence electrons. The van der Waals surface area contributed by atoms with Crippen molar-refractivity contribution in [2.75, 3.05) is 24.6 Å². The molecule has 1 aliphatic carbocycles. The first kappa shape index (κ1) is 11.1. The van der Waals surface area contributed by atoms with Crippen molar-refractivity contribution in [1.29, 1.82) is 0 Å². The molecule has 1 N–H and O–H groups in total. The normalized spacial score (nSPS) is 23.6. The van der Waals surface area contributed by atoms with Crippen LogP contribution in [0.1, 0.15) is 37.2 Å². The van der Waals surface area contributed by atoms with Crippen LogP contribution in [-0.4, -0.2) is 24.8 Å². The zero-order valence-corrected chi connectivity index (χ0v) is 10.3. The first-order chi connectivity index (χ1) is 8.38. The van der Waals surface area contributed by atoms with Crippen LogP contribution in [0.15, 0.2) is 24.3 Å². The van der Waals surface area contributed by atoms with Crippen molar-refractivity contribution in [2.45, 2.75) is 31.6 Å². The second-order valence-corrected chi connectivity index (χ2v) is 5.47. The number of anilines is 1. The molecule has 1 atom stereocenters. The number of nitrogens with zero attached hydrogens (tertiary/aromatic N) is 1. The molecule has 1 aliphatic heterocycles. The van der Waals surface area contributed by atoms with E-state index in [1.165, 1.54) is 37.1 Å². The molecule has 0 amide bonds. The summed E-state index contributed by atoms with van der Waals surface area (Å²) in [6, 6.07) is 8.73. The van der Waals surface area contributed by atoms with Gasteiger partial charge in [-0.2, -0.15) is 0 Å². The van der Waals surface area contributed by atoms with Crippen LogP contribution in [0.5, 0.6) is 0 Å². The molecule has 2 aliphatic rings. The molecule has 0 saturated heterocycles. The van der Waals surface area contributed by atoms with E-state index < -0.39 is 0 Å². The Morgan fingerprint density at radius 3 is 2.76 bits per heavy atom.